The highest BCUT2D eigenvalue weighted by Crippen LogP contribution is 2.34. The normalized spacial score (nSPS) is 10.9. The van der Waals surface area contributed by atoms with Crippen LogP contribution in [0.4, 0.5) is 23.5 Å². The smallest absolute Gasteiger partial charge is 0.387 e. The van der Waals surface area contributed by atoms with E-state index in [9.17, 15) is 22.4 Å². The minimum Gasteiger partial charge on any atom is -0.435 e. The summed E-state index contributed by atoms with van der Waals surface area (Å²) in [6, 6.07) is 7.85. The van der Waals surface area contributed by atoms with Gasteiger partial charge in [0, 0.05) is 11.8 Å². The molecule has 0 radical (unpaired) electrons. The zero-order valence-corrected chi connectivity index (χ0v) is 14.6. The second-order valence-corrected chi connectivity index (χ2v) is 6.06. The van der Waals surface area contributed by atoms with Crippen molar-refractivity contribution in [2.24, 2.45) is 0 Å². The molecule has 1 amide bonds. The first-order valence-electron chi connectivity index (χ1n) is 7.64. The third-order valence-corrected chi connectivity index (χ3v) is 4.16. The molecule has 0 saturated heterocycles. The van der Waals surface area contributed by atoms with Crippen molar-refractivity contribution in [1.82, 2.24) is 9.97 Å². The Bertz CT molecular complexity index is 955. The Labute approximate surface area is 159 Å². The third-order valence-electron chi connectivity index (χ3n) is 3.29. The van der Waals surface area contributed by atoms with Crippen LogP contribution in [-0.2, 0) is 0 Å². The van der Waals surface area contributed by atoms with Crippen LogP contribution in [0.5, 0.6) is 11.5 Å². The number of halogens is 4. The Morgan fingerprint density at radius 2 is 1.86 bits per heavy atom. The highest BCUT2D eigenvalue weighted by Gasteiger charge is 2.17. The van der Waals surface area contributed by atoms with E-state index in [0.717, 1.165) is 18.2 Å². The van der Waals surface area contributed by atoms with Gasteiger partial charge in [-0.1, -0.05) is 6.07 Å². The van der Waals surface area contributed by atoms with E-state index < -0.39 is 19.1 Å². The van der Waals surface area contributed by atoms with E-state index in [1.54, 1.807) is 17.5 Å². The second-order valence-electron chi connectivity index (χ2n) is 5.11. The van der Waals surface area contributed by atoms with Gasteiger partial charge in [0.25, 0.3) is 5.91 Å². The average Bonchev–Trinajstić information content (AvgIpc) is 3.17. The molecule has 6 nitrogen and oxygen atoms in total. The molecule has 11 heteroatoms. The van der Waals surface area contributed by atoms with Crippen molar-refractivity contribution in [3.63, 3.8) is 0 Å². The van der Waals surface area contributed by atoms with Crippen molar-refractivity contribution >= 4 is 23.2 Å². The molecule has 0 bridgehead atoms. The molecule has 3 rings (SSSR count). The minimum atomic E-state index is -3.14. The van der Waals surface area contributed by atoms with E-state index in [1.807, 2.05) is 0 Å². The molecule has 146 valence electrons. The number of rotatable bonds is 7. The first-order chi connectivity index (χ1) is 13.4. The van der Waals surface area contributed by atoms with Crippen molar-refractivity contribution < 1.29 is 31.8 Å². The Balaban J connectivity index is 1.93. The predicted octanol–water partition coefficient (Wildman–Crippen LogP) is 4.66. The number of thiophene rings is 1. The number of ether oxygens (including phenoxy) is 2. The molecule has 3 aromatic rings. The topological polar surface area (TPSA) is 73.3 Å². The monoisotopic (exact) mass is 413 g/mol. The first kappa shape index (κ1) is 19.5. The number of amides is 1. The molecule has 2 heterocycles. The van der Waals surface area contributed by atoms with Crippen LogP contribution >= 0.6 is 11.3 Å². The number of hydrogen-bond acceptors (Lipinski definition) is 6. The molecular formula is C17H11F4N3O3S. The van der Waals surface area contributed by atoms with Crippen LogP contribution in [-0.4, -0.2) is 29.1 Å². The SMILES string of the molecule is O=C(Nc1nccc(-c2cc(OC(F)F)ccc2OC(F)F)n1)c1cccs1. The van der Waals surface area contributed by atoms with Gasteiger partial charge in [-0.15, -0.1) is 11.3 Å². The zero-order chi connectivity index (χ0) is 20.1. The minimum absolute atomic E-state index is 0.0347. The van der Waals surface area contributed by atoms with E-state index in [0.29, 0.717) is 4.88 Å². The van der Waals surface area contributed by atoms with Gasteiger partial charge >= 0.3 is 13.2 Å². The molecular weight excluding hydrogens is 402 g/mol. The van der Waals surface area contributed by atoms with Crippen LogP contribution in [0.2, 0.25) is 0 Å². The summed E-state index contributed by atoms with van der Waals surface area (Å²) >= 11 is 1.21. The maximum atomic E-state index is 12.7. The van der Waals surface area contributed by atoms with Gasteiger partial charge in [0.2, 0.25) is 5.95 Å². The van der Waals surface area contributed by atoms with Gasteiger partial charge in [-0.25, -0.2) is 9.97 Å². The number of carbonyl (C=O) groups is 1. The fraction of sp³-hybridized carbons (Fsp3) is 0.118. The molecule has 0 fully saturated rings. The second kappa shape index (κ2) is 8.65. The van der Waals surface area contributed by atoms with Crippen molar-refractivity contribution in [2.75, 3.05) is 5.32 Å². The van der Waals surface area contributed by atoms with Gasteiger partial charge in [-0.3, -0.25) is 10.1 Å². The van der Waals surface area contributed by atoms with Gasteiger partial charge in [0.15, 0.2) is 0 Å². The molecule has 0 spiro atoms. The van der Waals surface area contributed by atoms with E-state index in [1.165, 1.54) is 23.6 Å². The number of nitrogens with one attached hydrogen (secondary N) is 1. The molecule has 0 unspecified atom stereocenters. The van der Waals surface area contributed by atoms with E-state index in [-0.39, 0.29) is 28.7 Å². The Morgan fingerprint density at radius 1 is 1.07 bits per heavy atom. The largest absolute Gasteiger partial charge is 0.435 e. The predicted molar refractivity (Wildman–Crippen MR) is 93.0 cm³/mol. The maximum Gasteiger partial charge on any atom is 0.387 e. The zero-order valence-electron chi connectivity index (χ0n) is 13.8. The van der Waals surface area contributed by atoms with Crippen LogP contribution in [0.1, 0.15) is 9.67 Å². The lowest BCUT2D eigenvalue weighted by molar-refractivity contribution is -0.0526. The summed E-state index contributed by atoms with van der Waals surface area (Å²) in [5, 5.41) is 4.19. The fourth-order valence-corrected chi connectivity index (χ4v) is 2.84. The van der Waals surface area contributed by atoms with Crippen LogP contribution in [0.25, 0.3) is 11.3 Å². The molecule has 2 aromatic heterocycles. The summed E-state index contributed by atoms with van der Waals surface area (Å²) in [6.45, 7) is -6.23. The van der Waals surface area contributed by atoms with Crippen LogP contribution in [0.15, 0.2) is 48.0 Å². The molecule has 0 aliphatic carbocycles. The highest BCUT2D eigenvalue weighted by molar-refractivity contribution is 7.12. The molecule has 0 saturated carbocycles. The Kier molecular flexibility index (Phi) is 6.04. The van der Waals surface area contributed by atoms with Crippen LogP contribution in [0.3, 0.4) is 0 Å². The number of benzene rings is 1. The van der Waals surface area contributed by atoms with E-state index in [4.69, 9.17) is 0 Å². The summed E-state index contributed by atoms with van der Waals surface area (Å²) in [6.07, 6.45) is 1.28. The third kappa shape index (κ3) is 4.94. The summed E-state index contributed by atoms with van der Waals surface area (Å²) in [7, 11) is 0. The maximum absolute atomic E-state index is 12.7. The molecule has 0 aliphatic rings. The molecule has 0 atom stereocenters. The Hall–Kier alpha value is -3.21. The van der Waals surface area contributed by atoms with Gasteiger partial charge in [-0.2, -0.15) is 17.6 Å². The van der Waals surface area contributed by atoms with Gasteiger partial charge in [0.1, 0.15) is 11.5 Å². The number of carbonyl (C=O) groups excluding carboxylic acids is 1. The summed E-state index contributed by atoms with van der Waals surface area (Å²) in [5.41, 5.74) is 0.0271. The van der Waals surface area contributed by atoms with Crippen LogP contribution < -0.4 is 14.8 Å². The number of hydrogen-bond donors (Lipinski definition) is 1. The average molecular weight is 413 g/mol. The molecule has 0 aliphatic heterocycles. The van der Waals surface area contributed by atoms with E-state index >= 15 is 0 Å². The summed E-state index contributed by atoms with van der Waals surface area (Å²) in [4.78, 5) is 20.5. The number of alkyl halides is 4. The number of aromatic nitrogens is 2. The molecule has 1 aromatic carbocycles. The molecule has 28 heavy (non-hydrogen) atoms. The standard InChI is InChI=1S/C17H11F4N3O3S/c18-15(19)26-9-3-4-12(27-16(20)21)10(8-9)11-5-6-22-17(23-11)24-14(25)13-2-1-7-28-13/h1-8,15-16H,(H,22,23,24,25). The van der Waals surface area contributed by atoms with Gasteiger partial charge in [-0.05, 0) is 35.7 Å². The molecule has 1 N–H and O–H groups in total. The van der Waals surface area contributed by atoms with Crippen molar-refractivity contribution in [1.29, 1.82) is 0 Å². The summed E-state index contributed by atoms with van der Waals surface area (Å²) < 4.78 is 59.0. The van der Waals surface area contributed by atoms with Gasteiger partial charge in [0.05, 0.1) is 10.6 Å². The summed E-state index contributed by atoms with van der Waals surface area (Å²) in [5.74, 6) is -1.12. The fourth-order valence-electron chi connectivity index (χ4n) is 2.22. The van der Waals surface area contributed by atoms with Crippen molar-refractivity contribution in [3.05, 3.63) is 52.9 Å². The lowest BCUT2D eigenvalue weighted by Crippen LogP contribution is -2.13. The number of nitrogens with zero attached hydrogens (tertiary/aromatic N) is 2. The van der Waals surface area contributed by atoms with Crippen LogP contribution in [0, 0.1) is 0 Å². The lowest BCUT2D eigenvalue weighted by Gasteiger charge is -2.13. The highest BCUT2D eigenvalue weighted by atomic mass is 32.1. The van der Waals surface area contributed by atoms with Gasteiger partial charge < -0.3 is 9.47 Å². The van der Waals surface area contributed by atoms with Crippen molar-refractivity contribution in [3.8, 4) is 22.8 Å². The van der Waals surface area contributed by atoms with Crippen molar-refractivity contribution in [2.45, 2.75) is 13.2 Å². The lowest BCUT2D eigenvalue weighted by atomic mass is 10.1. The van der Waals surface area contributed by atoms with E-state index in [2.05, 4.69) is 24.8 Å². The quantitative estimate of drug-likeness (QED) is 0.571. The number of anilines is 1. The Morgan fingerprint density at radius 3 is 2.54 bits per heavy atom. The first-order valence-corrected chi connectivity index (χ1v) is 8.52.